The molecule has 0 spiro atoms. The largest absolute Gasteiger partial charge is 0.497 e. The van der Waals surface area contributed by atoms with Crippen LogP contribution in [-0.2, 0) is 20.8 Å². The first-order valence-corrected chi connectivity index (χ1v) is 15.0. The summed E-state index contributed by atoms with van der Waals surface area (Å²) >= 11 is 10.4. The number of nitrogens with zero attached hydrogens (tertiary/aromatic N) is 5. The van der Waals surface area contributed by atoms with Crippen molar-refractivity contribution < 1.29 is 28.5 Å². The molecule has 1 amide bonds. The van der Waals surface area contributed by atoms with Crippen LogP contribution >= 0.6 is 27.5 Å². The molecule has 0 bridgehead atoms. The predicted octanol–water partition coefficient (Wildman–Crippen LogP) is 6.38. The van der Waals surface area contributed by atoms with Crippen molar-refractivity contribution in [3.8, 4) is 11.5 Å². The summed E-state index contributed by atoms with van der Waals surface area (Å²) in [7, 11) is 3.22. The van der Waals surface area contributed by atoms with Gasteiger partial charge in [0.15, 0.2) is 5.82 Å². The zero-order valence-electron chi connectivity index (χ0n) is 25.0. The van der Waals surface area contributed by atoms with E-state index in [-0.39, 0.29) is 18.3 Å². The van der Waals surface area contributed by atoms with Crippen LogP contribution in [0, 0.1) is 0 Å². The molecule has 0 unspecified atom stereocenters. The third-order valence-electron chi connectivity index (χ3n) is 7.03. The van der Waals surface area contributed by atoms with Crippen molar-refractivity contribution >= 4 is 56.9 Å². The van der Waals surface area contributed by atoms with Gasteiger partial charge in [-0.05, 0) is 61.0 Å². The van der Waals surface area contributed by atoms with Crippen molar-refractivity contribution in [2.45, 2.75) is 45.1 Å². The number of benzene rings is 2. The quantitative estimate of drug-likeness (QED) is 0.195. The number of halogens is 2. The summed E-state index contributed by atoms with van der Waals surface area (Å²) in [6, 6.07) is 14.7. The molecule has 3 heterocycles. The molecule has 11 nitrogen and oxygen atoms in total. The highest BCUT2D eigenvalue weighted by Crippen LogP contribution is 2.39. The number of anilines is 2. The highest BCUT2D eigenvalue weighted by atomic mass is 79.9. The Morgan fingerprint density at radius 2 is 1.93 bits per heavy atom. The normalized spacial score (nSPS) is 16.9. The van der Waals surface area contributed by atoms with Crippen LogP contribution in [0.15, 0.2) is 59.3 Å². The van der Waals surface area contributed by atoms with E-state index >= 15 is 0 Å². The summed E-state index contributed by atoms with van der Waals surface area (Å²) in [5, 5.41) is 0.289. The zero-order valence-corrected chi connectivity index (χ0v) is 27.3. The minimum atomic E-state index is -0.795. The van der Waals surface area contributed by atoms with E-state index in [1.807, 2.05) is 53.4 Å². The molecule has 0 saturated carbocycles. The molecule has 0 radical (unpaired) electrons. The third kappa shape index (κ3) is 6.47. The molecule has 1 fully saturated rings. The zero-order chi connectivity index (χ0) is 31.6. The van der Waals surface area contributed by atoms with Gasteiger partial charge in [-0.2, -0.15) is 0 Å². The van der Waals surface area contributed by atoms with E-state index in [1.165, 1.54) is 4.90 Å². The van der Waals surface area contributed by atoms with E-state index in [2.05, 4.69) is 15.9 Å². The number of amides is 1. The van der Waals surface area contributed by atoms with Gasteiger partial charge in [-0.25, -0.2) is 14.8 Å². The molecule has 5 rings (SSSR count). The Morgan fingerprint density at radius 1 is 1.18 bits per heavy atom. The SMILES string of the molecule is COc1ccc(CN(c2ccccc2)c2ncc(Cl)n3c([C@H]4CN(C(=O)OC(C)(C)C)[C@H](C=O)CO4)nc(Br)c23)c(OC)c1. The average Bonchev–Trinajstić information content (AvgIpc) is 3.37. The number of aromatic nitrogens is 3. The van der Waals surface area contributed by atoms with Crippen LogP contribution in [-0.4, -0.2) is 70.7 Å². The van der Waals surface area contributed by atoms with Crippen LogP contribution in [0.4, 0.5) is 16.3 Å². The maximum absolute atomic E-state index is 13.1. The number of carbonyl (C=O) groups excluding carboxylic acids is 2. The van der Waals surface area contributed by atoms with Gasteiger partial charge in [-0.15, -0.1) is 0 Å². The van der Waals surface area contributed by atoms with Crippen molar-refractivity contribution in [1.29, 1.82) is 0 Å². The number of fused-ring (bicyclic) bond motifs is 1. The van der Waals surface area contributed by atoms with Gasteiger partial charge in [-0.1, -0.05) is 29.8 Å². The van der Waals surface area contributed by atoms with E-state index in [4.69, 9.17) is 40.5 Å². The fourth-order valence-corrected chi connectivity index (χ4v) is 5.74. The minimum Gasteiger partial charge on any atom is -0.497 e. The number of ether oxygens (including phenoxy) is 4. The number of rotatable bonds is 8. The maximum atomic E-state index is 13.1. The molecule has 1 saturated heterocycles. The van der Waals surface area contributed by atoms with Gasteiger partial charge >= 0.3 is 6.09 Å². The third-order valence-corrected chi connectivity index (χ3v) is 7.85. The number of carbonyl (C=O) groups is 2. The van der Waals surface area contributed by atoms with E-state index in [0.717, 1.165) is 11.3 Å². The van der Waals surface area contributed by atoms with Crippen molar-refractivity contribution in [3.05, 3.63) is 75.9 Å². The standard InChI is InChI=1S/C31H33BrClN5O6/c1-31(2,3)44-30(40)37-16-24(43-18-21(37)17-39)28-35-27(32)26-29(34-14-25(33)38(26)28)36(20-9-7-6-8-10-20)15-19-11-12-22(41-4)13-23(19)42-5/h6-14,17,21,24H,15-16,18H2,1-5H3/t21-,24-/m1/s1. The Labute approximate surface area is 268 Å². The molecular formula is C31H33BrClN5O6. The summed E-state index contributed by atoms with van der Waals surface area (Å²) in [4.78, 5) is 37.8. The van der Waals surface area contributed by atoms with Crippen molar-refractivity contribution in [2.75, 3.05) is 32.3 Å². The van der Waals surface area contributed by atoms with Gasteiger partial charge in [0.25, 0.3) is 0 Å². The predicted molar refractivity (Wildman–Crippen MR) is 169 cm³/mol. The molecule has 232 valence electrons. The van der Waals surface area contributed by atoms with E-state index in [9.17, 15) is 9.59 Å². The van der Waals surface area contributed by atoms with Crippen LogP contribution in [0.2, 0.25) is 5.15 Å². The van der Waals surface area contributed by atoms with Gasteiger partial charge < -0.3 is 28.6 Å². The fourth-order valence-electron chi connectivity index (χ4n) is 4.99. The first kappa shape index (κ1) is 31.6. The number of morpholine rings is 1. The smallest absolute Gasteiger partial charge is 0.411 e. The Morgan fingerprint density at radius 3 is 2.59 bits per heavy atom. The Balaban J connectivity index is 1.59. The first-order valence-electron chi connectivity index (χ1n) is 13.9. The number of aldehydes is 1. The number of methoxy groups -OCH3 is 2. The molecule has 0 aliphatic carbocycles. The Hall–Kier alpha value is -3.87. The summed E-state index contributed by atoms with van der Waals surface area (Å²) in [5.74, 6) is 2.34. The molecule has 4 aromatic rings. The van der Waals surface area contributed by atoms with Gasteiger partial charge in [0.05, 0.1) is 40.1 Å². The van der Waals surface area contributed by atoms with Crippen molar-refractivity contribution in [1.82, 2.24) is 19.3 Å². The number of para-hydroxylation sites is 1. The number of imidazole rings is 1. The molecule has 0 N–H and O–H groups in total. The Kier molecular flexibility index (Phi) is 9.33. The van der Waals surface area contributed by atoms with E-state index in [1.54, 1.807) is 45.6 Å². The number of hydrogen-bond acceptors (Lipinski definition) is 9. The fraction of sp³-hybridized carbons (Fsp3) is 0.355. The first-order chi connectivity index (χ1) is 21.0. The Bertz CT molecular complexity index is 1660. The van der Waals surface area contributed by atoms with Crippen molar-refractivity contribution in [2.24, 2.45) is 0 Å². The van der Waals surface area contributed by atoms with Gasteiger partial charge in [-0.3, -0.25) is 9.30 Å². The molecule has 2 atom stereocenters. The molecule has 2 aromatic heterocycles. The molecule has 2 aromatic carbocycles. The molecule has 1 aliphatic heterocycles. The summed E-state index contributed by atoms with van der Waals surface area (Å²) in [6.45, 7) is 5.71. The topological polar surface area (TPSA) is 108 Å². The molecular weight excluding hydrogens is 654 g/mol. The lowest BCUT2D eigenvalue weighted by atomic mass is 10.1. The lowest BCUT2D eigenvalue weighted by Gasteiger charge is -2.37. The second kappa shape index (κ2) is 13.0. The van der Waals surface area contributed by atoms with Crippen LogP contribution in [0.3, 0.4) is 0 Å². The lowest BCUT2D eigenvalue weighted by molar-refractivity contribution is -0.123. The van der Waals surface area contributed by atoms with Crippen molar-refractivity contribution in [3.63, 3.8) is 0 Å². The molecule has 13 heteroatoms. The maximum Gasteiger partial charge on any atom is 0.411 e. The molecule has 1 aliphatic rings. The van der Waals surface area contributed by atoms with Gasteiger partial charge in [0.1, 0.15) is 56.6 Å². The van der Waals surface area contributed by atoms with Gasteiger partial charge in [0, 0.05) is 17.3 Å². The van der Waals surface area contributed by atoms with Crippen LogP contribution in [0.25, 0.3) is 5.52 Å². The second-order valence-electron chi connectivity index (χ2n) is 11.1. The van der Waals surface area contributed by atoms with Crippen LogP contribution in [0.5, 0.6) is 11.5 Å². The van der Waals surface area contributed by atoms with E-state index in [0.29, 0.717) is 46.1 Å². The second-order valence-corrected chi connectivity index (χ2v) is 12.2. The summed E-state index contributed by atoms with van der Waals surface area (Å²) in [6.07, 6.45) is 0.905. The highest BCUT2D eigenvalue weighted by Gasteiger charge is 2.38. The summed E-state index contributed by atoms with van der Waals surface area (Å²) < 4.78 is 25.0. The monoisotopic (exact) mass is 685 g/mol. The lowest BCUT2D eigenvalue weighted by Crippen LogP contribution is -2.52. The van der Waals surface area contributed by atoms with Gasteiger partial charge in [0.2, 0.25) is 0 Å². The van der Waals surface area contributed by atoms with E-state index < -0.39 is 23.8 Å². The number of hydrogen-bond donors (Lipinski definition) is 0. The minimum absolute atomic E-state index is 0.0249. The van der Waals surface area contributed by atoms with Crippen LogP contribution in [0.1, 0.15) is 38.3 Å². The molecule has 44 heavy (non-hydrogen) atoms. The van der Waals surface area contributed by atoms with Crippen LogP contribution < -0.4 is 14.4 Å². The summed E-state index contributed by atoms with van der Waals surface area (Å²) in [5.41, 5.74) is 1.62. The average molecular weight is 687 g/mol. The highest BCUT2D eigenvalue weighted by molar-refractivity contribution is 9.10.